The number of nitrogens with zero attached hydrogens (tertiary/aromatic N) is 1. The second-order valence-electron chi connectivity index (χ2n) is 9.52. The van der Waals surface area contributed by atoms with Gasteiger partial charge in [-0.2, -0.15) is 8.42 Å². The van der Waals surface area contributed by atoms with Crippen LogP contribution in [-0.2, 0) is 14.3 Å². The minimum Gasteiger partial charge on any atom is -0.493 e. The zero-order valence-electron chi connectivity index (χ0n) is 23.6. The Hall–Kier alpha value is -4.93. The van der Waals surface area contributed by atoms with Gasteiger partial charge in [-0.3, -0.25) is 14.0 Å². The number of carbonyl (C=O) groups is 1. The lowest BCUT2D eigenvalue weighted by atomic mass is 10.1. The molecule has 43 heavy (non-hydrogen) atoms. The van der Waals surface area contributed by atoms with E-state index >= 15 is 0 Å². The van der Waals surface area contributed by atoms with Gasteiger partial charge >= 0.3 is 0 Å². The lowest BCUT2D eigenvalue weighted by Gasteiger charge is -2.14. The topological polar surface area (TPSA) is 113 Å². The number of fused-ring (bicyclic) bond motifs is 1. The van der Waals surface area contributed by atoms with Gasteiger partial charge in [-0.15, -0.1) is 0 Å². The minimum absolute atomic E-state index is 0.0302. The van der Waals surface area contributed by atoms with Crippen LogP contribution in [0.2, 0.25) is 0 Å². The van der Waals surface area contributed by atoms with Crippen LogP contribution < -0.4 is 19.5 Å². The lowest BCUT2D eigenvalue weighted by Crippen LogP contribution is -2.11. The van der Waals surface area contributed by atoms with Crippen molar-refractivity contribution >= 4 is 32.6 Å². The van der Waals surface area contributed by atoms with Gasteiger partial charge in [0.05, 0.1) is 30.7 Å². The molecule has 1 aromatic heterocycles. The highest BCUT2D eigenvalue weighted by Gasteiger charge is 2.17. The van der Waals surface area contributed by atoms with Crippen LogP contribution in [0.25, 0.3) is 10.9 Å². The average Bonchev–Trinajstić information content (AvgIpc) is 3.02. The third kappa shape index (κ3) is 7.29. The van der Waals surface area contributed by atoms with Crippen LogP contribution in [0, 0.1) is 6.92 Å². The van der Waals surface area contributed by atoms with Gasteiger partial charge in [-0.05, 0) is 67.1 Å². The molecule has 220 valence electrons. The summed E-state index contributed by atoms with van der Waals surface area (Å²) in [4.78, 5) is 17.0. The van der Waals surface area contributed by atoms with Crippen molar-refractivity contribution in [3.05, 3.63) is 114 Å². The average molecular weight is 599 g/mol. The Kier molecular flexibility index (Phi) is 9.19. The monoisotopic (exact) mass is 598 g/mol. The van der Waals surface area contributed by atoms with E-state index in [-0.39, 0.29) is 24.0 Å². The molecular weight excluding hydrogens is 568 g/mol. The molecule has 5 aromatic rings. The van der Waals surface area contributed by atoms with Crippen molar-refractivity contribution in [2.75, 3.05) is 25.6 Å². The van der Waals surface area contributed by atoms with Gasteiger partial charge < -0.3 is 19.5 Å². The zero-order valence-corrected chi connectivity index (χ0v) is 24.5. The van der Waals surface area contributed by atoms with Gasteiger partial charge in [-0.25, -0.2) is 0 Å². The Morgan fingerprint density at radius 1 is 0.837 bits per heavy atom. The van der Waals surface area contributed by atoms with E-state index in [1.165, 1.54) is 13.2 Å². The molecule has 0 spiro atoms. The van der Waals surface area contributed by atoms with E-state index in [0.717, 1.165) is 0 Å². The Labute approximate surface area is 250 Å². The molecule has 0 aliphatic rings. The smallest absolute Gasteiger partial charge is 0.297 e. The summed E-state index contributed by atoms with van der Waals surface area (Å²) in [5.74, 6) is 1.87. The summed E-state index contributed by atoms with van der Waals surface area (Å²) in [6, 6.07) is 28.0. The Balaban J connectivity index is 1.21. The molecule has 0 saturated heterocycles. The van der Waals surface area contributed by atoms with Gasteiger partial charge in [0.15, 0.2) is 11.5 Å². The summed E-state index contributed by atoms with van der Waals surface area (Å²) in [5, 5.41) is 3.58. The van der Waals surface area contributed by atoms with Crippen LogP contribution in [-0.4, -0.2) is 39.6 Å². The van der Waals surface area contributed by atoms with Crippen molar-refractivity contribution in [3.8, 4) is 23.0 Å². The second kappa shape index (κ2) is 13.4. The number of aryl methyl sites for hydroxylation is 1. The van der Waals surface area contributed by atoms with Crippen molar-refractivity contribution < 1.29 is 31.6 Å². The van der Waals surface area contributed by atoms with E-state index in [0.29, 0.717) is 57.1 Å². The van der Waals surface area contributed by atoms with E-state index in [2.05, 4.69) is 10.3 Å². The third-order valence-electron chi connectivity index (χ3n) is 6.51. The molecule has 0 unspecified atom stereocenters. The second-order valence-corrected chi connectivity index (χ2v) is 11.1. The maximum Gasteiger partial charge on any atom is 0.297 e. The first-order chi connectivity index (χ1) is 20.8. The van der Waals surface area contributed by atoms with Gasteiger partial charge in [0, 0.05) is 35.3 Å². The first-order valence-corrected chi connectivity index (χ1v) is 14.9. The van der Waals surface area contributed by atoms with E-state index < -0.39 is 10.1 Å². The Bertz CT molecular complexity index is 1830. The van der Waals surface area contributed by atoms with Crippen molar-refractivity contribution in [2.24, 2.45) is 0 Å². The number of methoxy groups -OCH3 is 1. The summed E-state index contributed by atoms with van der Waals surface area (Å²) in [5.41, 5.74) is 2.46. The highest BCUT2D eigenvalue weighted by atomic mass is 32.2. The first kappa shape index (κ1) is 29.6. The van der Waals surface area contributed by atoms with Crippen molar-refractivity contribution in [2.45, 2.75) is 18.2 Å². The van der Waals surface area contributed by atoms with Gasteiger partial charge in [-0.1, -0.05) is 36.4 Å². The van der Waals surface area contributed by atoms with E-state index in [1.807, 2.05) is 18.2 Å². The molecule has 1 heterocycles. The fourth-order valence-corrected chi connectivity index (χ4v) is 5.50. The maximum absolute atomic E-state index is 12.5. The molecule has 0 saturated carbocycles. The van der Waals surface area contributed by atoms with E-state index in [9.17, 15) is 13.2 Å². The first-order valence-electron chi connectivity index (χ1n) is 13.5. The van der Waals surface area contributed by atoms with Gasteiger partial charge in [0.1, 0.15) is 11.5 Å². The summed E-state index contributed by atoms with van der Waals surface area (Å²) in [6.07, 6.45) is 1.97. The molecule has 0 atom stereocenters. The number of benzene rings is 4. The Morgan fingerprint density at radius 2 is 1.58 bits per heavy atom. The van der Waals surface area contributed by atoms with Gasteiger partial charge in [0.2, 0.25) is 0 Å². The number of hydrogen-bond acceptors (Lipinski definition) is 8. The van der Waals surface area contributed by atoms with Gasteiger partial charge in [0.25, 0.3) is 16.0 Å². The maximum atomic E-state index is 12.5. The summed E-state index contributed by atoms with van der Waals surface area (Å²) >= 11 is 0. The molecule has 0 radical (unpaired) electrons. The zero-order chi connectivity index (χ0) is 30.2. The highest BCUT2D eigenvalue weighted by molar-refractivity contribution is 7.86. The molecule has 10 heteroatoms. The number of nitrogens with one attached hydrogen (secondary N) is 1. The van der Waals surface area contributed by atoms with Crippen LogP contribution in [0.5, 0.6) is 23.0 Å². The standard InChI is InChI=1S/C33H30N2O7S/c1-23-9-6-7-12-32(23)43(37,38)41-20-8-19-40-31-22-28-27(21-30(31)39-2)29(17-18-34-28)42-26-15-13-25(14-16-26)35-33(36)24-10-4-3-5-11-24/h3-7,9-18,21-22H,8,19-20H2,1-2H3,(H,35,36). The van der Waals surface area contributed by atoms with Crippen LogP contribution in [0.1, 0.15) is 22.3 Å². The van der Waals surface area contributed by atoms with E-state index in [1.54, 1.807) is 85.9 Å². The normalized spacial score (nSPS) is 11.2. The number of pyridine rings is 1. The molecule has 5 rings (SSSR count). The fourth-order valence-electron chi connectivity index (χ4n) is 4.33. The number of amides is 1. The highest BCUT2D eigenvalue weighted by Crippen LogP contribution is 2.37. The van der Waals surface area contributed by atoms with E-state index in [4.69, 9.17) is 18.4 Å². The third-order valence-corrected chi connectivity index (χ3v) is 7.98. The number of hydrogen-bond donors (Lipinski definition) is 1. The predicted octanol–water partition coefficient (Wildman–Crippen LogP) is 6.77. The summed E-state index contributed by atoms with van der Waals surface area (Å²) < 4.78 is 47.8. The lowest BCUT2D eigenvalue weighted by molar-refractivity contribution is 0.102. The van der Waals surface area contributed by atoms with Crippen LogP contribution in [0.3, 0.4) is 0 Å². The number of rotatable bonds is 12. The van der Waals surface area contributed by atoms with Crippen molar-refractivity contribution in [1.82, 2.24) is 4.98 Å². The number of anilines is 1. The van der Waals surface area contributed by atoms with Crippen LogP contribution >= 0.6 is 0 Å². The molecular formula is C33H30N2O7S. The van der Waals surface area contributed by atoms with Crippen LogP contribution in [0.15, 0.2) is 108 Å². The predicted molar refractivity (Wildman–Crippen MR) is 164 cm³/mol. The summed E-state index contributed by atoms with van der Waals surface area (Å²) in [7, 11) is -2.32. The number of aromatic nitrogens is 1. The summed E-state index contributed by atoms with van der Waals surface area (Å²) in [6.45, 7) is 1.90. The molecule has 0 aliphatic carbocycles. The molecule has 1 N–H and O–H groups in total. The van der Waals surface area contributed by atoms with Crippen molar-refractivity contribution in [3.63, 3.8) is 0 Å². The number of ether oxygens (including phenoxy) is 3. The molecule has 0 bridgehead atoms. The largest absolute Gasteiger partial charge is 0.493 e. The fraction of sp³-hybridized carbons (Fsp3) is 0.152. The Morgan fingerprint density at radius 3 is 2.33 bits per heavy atom. The van der Waals surface area contributed by atoms with Crippen LogP contribution in [0.4, 0.5) is 5.69 Å². The quantitative estimate of drug-likeness (QED) is 0.124. The minimum atomic E-state index is -3.85. The number of carbonyl (C=O) groups excluding carboxylic acids is 1. The molecule has 1 amide bonds. The molecule has 4 aromatic carbocycles. The van der Waals surface area contributed by atoms with Crippen molar-refractivity contribution in [1.29, 1.82) is 0 Å². The SMILES string of the molecule is COc1cc2c(Oc3ccc(NC(=O)c4ccccc4)cc3)ccnc2cc1OCCCOS(=O)(=O)c1ccccc1C. The molecule has 9 nitrogen and oxygen atoms in total. The molecule has 0 aliphatic heterocycles. The molecule has 0 fully saturated rings.